The summed E-state index contributed by atoms with van der Waals surface area (Å²) < 4.78 is 7.51. The minimum atomic E-state index is 0. The lowest BCUT2D eigenvalue weighted by molar-refractivity contribution is 0.372. The Morgan fingerprint density at radius 2 is 2.04 bits per heavy atom. The second kappa shape index (κ2) is 11.2. The van der Waals surface area contributed by atoms with Crippen molar-refractivity contribution in [3.8, 4) is 0 Å². The number of imidazole rings is 1. The summed E-state index contributed by atoms with van der Waals surface area (Å²) in [7, 11) is 0. The molecule has 0 aliphatic rings. The molecule has 0 saturated carbocycles. The number of guanidine groups is 1. The number of rotatable bonds is 8. The fourth-order valence-corrected chi connectivity index (χ4v) is 2.40. The molecule has 0 aliphatic heterocycles. The third kappa shape index (κ3) is 6.97. The van der Waals surface area contributed by atoms with E-state index < -0.39 is 0 Å². The van der Waals surface area contributed by atoms with Gasteiger partial charge in [0.15, 0.2) is 11.7 Å². The third-order valence-corrected chi connectivity index (χ3v) is 3.69. The first-order chi connectivity index (χ1) is 12.0. The Kier molecular flexibility index (Phi) is 9.68. The Morgan fingerprint density at radius 1 is 1.27 bits per heavy atom. The highest BCUT2D eigenvalue weighted by Crippen LogP contribution is 2.13. The van der Waals surface area contributed by atoms with Crippen molar-refractivity contribution in [1.82, 2.24) is 25.3 Å². The Morgan fingerprint density at radius 3 is 2.65 bits per heavy atom. The average molecular weight is 474 g/mol. The lowest BCUT2D eigenvalue weighted by Crippen LogP contribution is -2.36. The molecule has 7 nitrogen and oxygen atoms in total. The Labute approximate surface area is 173 Å². The number of nitrogens with zero attached hydrogens (tertiary/aromatic N) is 4. The maximum atomic E-state index is 5.36. The van der Waals surface area contributed by atoms with E-state index in [2.05, 4.69) is 58.0 Å². The van der Waals surface area contributed by atoms with Crippen molar-refractivity contribution in [3.63, 3.8) is 0 Å². The summed E-state index contributed by atoms with van der Waals surface area (Å²) in [4.78, 5) is 9.04. The highest BCUT2D eigenvalue weighted by molar-refractivity contribution is 14.0. The van der Waals surface area contributed by atoms with Gasteiger partial charge in [0.05, 0.1) is 12.2 Å². The normalized spacial score (nSPS) is 11.7. The highest BCUT2D eigenvalue weighted by Gasteiger charge is 2.09. The largest absolute Gasteiger partial charge is 0.359 e. The molecule has 146 valence electrons. The molecule has 2 aromatic rings. The number of nitrogens with one attached hydrogen (secondary N) is 2. The zero-order chi connectivity index (χ0) is 18.2. The molecule has 0 radical (unpaired) electrons. The first-order valence-electron chi connectivity index (χ1n) is 8.97. The lowest BCUT2D eigenvalue weighted by atomic mass is 10.1. The molecule has 0 spiro atoms. The summed E-state index contributed by atoms with van der Waals surface area (Å²) in [6.07, 6.45) is 3.84. The van der Waals surface area contributed by atoms with Gasteiger partial charge in [0.1, 0.15) is 12.4 Å². The van der Waals surface area contributed by atoms with E-state index in [1.54, 1.807) is 0 Å². The van der Waals surface area contributed by atoms with Crippen molar-refractivity contribution < 1.29 is 4.52 Å². The van der Waals surface area contributed by atoms with Gasteiger partial charge in [-0.2, -0.15) is 0 Å². The van der Waals surface area contributed by atoms with Gasteiger partial charge in [-0.05, 0) is 18.8 Å². The van der Waals surface area contributed by atoms with Crippen LogP contribution in [0.1, 0.15) is 57.8 Å². The second-order valence-corrected chi connectivity index (χ2v) is 6.81. The van der Waals surface area contributed by atoms with Crippen LogP contribution < -0.4 is 10.6 Å². The Balaban J connectivity index is 0.00000338. The van der Waals surface area contributed by atoms with E-state index in [1.807, 2.05) is 25.4 Å². The monoisotopic (exact) mass is 474 g/mol. The fourth-order valence-electron chi connectivity index (χ4n) is 2.40. The molecule has 2 heterocycles. The SMILES string of the molecule is CCNC(=NCc1nccn1CC(C)C)NCc1cc(C(C)C)no1.I. The Bertz CT molecular complexity index is 677. The molecule has 0 fully saturated rings. The minimum absolute atomic E-state index is 0. The van der Waals surface area contributed by atoms with Crippen molar-refractivity contribution >= 4 is 29.9 Å². The summed E-state index contributed by atoms with van der Waals surface area (Å²) in [6.45, 7) is 13.4. The van der Waals surface area contributed by atoms with Crippen LogP contribution in [0.2, 0.25) is 0 Å². The molecule has 0 atom stereocenters. The van der Waals surface area contributed by atoms with Crippen LogP contribution in [0.3, 0.4) is 0 Å². The average Bonchev–Trinajstić information content (AvgIpc) is 3.19. The van der Waals surface area contributed by atoms with Gasteiger partial charge in [-0.25, -0.2) is 9.98 Å². The number of aliphatic imine (C=N–C) groups is 1. The quantitative estimate of drug-likeness (QED) is 0.348. The van der Waals surface area contributed by atoms with Crippen LogP contribution in [0.4, 0.5) is 0 Å². The van der Waals surface area contributed by atoms with Crippen molar-refractivity contribution in [2.75, 3.05) is 6.54 Å². The maximum absolute atomic E-state index is 5.36. The molecule has 8 heteroatoms. The molecule has 26 heavy (non-hydrogen) atoms. The van der Waals surface area contributed by atoms with Gasteiger partial charge in [-0.3, -0.25) is 0 Å². The first-order valence-corrected chi connectivity index (χ1v) is 8.97. The number of hydrogen-bond acceptors (Lipinski definition) is 4. The molecule has 0 aliphatic carbocycles. The van der Waals surface area contributed by atoms with Crippen LogP contribution in [0, 0.1) is 5.92 Å². The predicted octanol–water partition coefficient (Wildman–Crippen LogP) is 3.52. The molecule has 2 aromatic heterocycles. The van der Waals surface area contributed by atoms with E-state index in [0.717, 1.165) is 36.3 Å². The minimum Gasteiger partial charge on any atom is -0.359 e. The smallest absolute Gasteiger partial charge is 0.192 e. The predicted molar refractivity (Wildman–Crippen MR) is 115 cm³/mol. The topological polar surface area (TPSA) is 80.3 Å². The van der Waals surface area contributed by atoms with Crippen LogP contribution >= 0.6 is 24.0 Å². The molecule has 0 bridgehead atoms. The maximum Gasteiger partial charge on any atom is 0.192 e. The molecular formula is C18H31IN6O. The molecule has 0 saturated heterocycles. The molecule has 2 rings (SSSR count). The van der Waals surface area contributed by atoms with E-state index >= 15 is 0 Å². The van der Waals surface area contributed by atoms with Crippen LogP contribution in [0.15, 0.2) is 28.0 Å². The summed E-state index contributed by atoms with van der Waals surface area (Å²) in [5.74, 6) is 3.44. The molecule has 0 unspecified atom stereocenters. The van der Waals surface area contributed by atoms with Crippen LogP contribution in [-0.2, 0) is 19.6 Å². The van der Waals surface area contributed by atoms with E-state index in [0.29, 0.717) is 24.9 Å². The van der Waals surface area contributed by atoms with Gasteiger partial charge in [-0.15, -0.1) is 24.0 Å². The van der Waals surface area contributed by atoms with E-state index in [9.17, 15) is 0 Å². The van der Waals surface area contributed by atoms with E-state index in [-0.39, 0.29) is 24.0 Å². The molecule has 2 N–H and O–H groups in total. The molecule has 0 aromatic carbocycles. The zero-order valence-corrected chi connectivity index (χ0v) is 18.7. The summed E-state index contributed by atoms with van der Waals surface area (Å²) in [6, 6.07) is 1.98. The summed E-state index contributed by atoms with van der Waals surface area (Å²) in [5, 5.41) is 10.6. The Hall–Kier alpha value is -1.58. The van der Waals surface area contributed by atoms with Crippen LogP contribution in [-0.4, -0.2) is 27.2 Å². The van der Waals surface area contributed by atoms with Gasteiger partial charge < -0.3 is 19.7 Å². The van der Waals surface area contributed by atoms with Crippen LogP contribution in [0.25, 0.3) is 0 Å². The van der Waals surface area contributed by atoms with Crippen LogP contribution in [0.5, 0.6) is 0 Å². The van der Waals surface area contributed by atoms with Crippen molar-refractivity contribution in [2.24, 2.45) is 10.9 Å². The van der Waals surface area contributed by atoms with Gasteiger partial charge in [0, 0.05) is 31.5 Å². The van der Waals surface area contributed by atoms with Gasteiger partial charge in [0.25, 0.3) is 0 Å². The number of aromatic nitrogens is 3. The summed E-state index contributed by atoms with van der Waals surface area (Å²) in [5.41, 5.74) is 0.967. The summed E-state index contributed by atoms with van der Waals surface area (Å²) >= 11 is 0. The van der Waals surface area contributed by atoms with Gasteiger partial charge >= 0.3 is 0 Å². The highest BCUT2D eigenvalue weighted by atomic mass is 127. The van der Waals surface area contributed by atoms with E-state index in [1.165, 1.54) is 0 Å². The second-order valence-electron chi connectivity index (χ2n) is 6.81. The number of hydrogen-bond donors (Lipinski definition) is 2. The van der Waals surface area contributed by atoms with Crippen molar-refractivity contribution in [1.29, 1.82) is 0 Å². The van der Waals surface area contributed by atoms with E-state index in [4.69, 9.17) is 4.52 Å². The standard InChI is InChI=1S/C18H30N6O.HI/c1-6-19-18(21-10-15-9-16(14(4)5)23-25-15)22-11-17-20-7-8-24(17)12-13(2)3;/h7-9,13-14H,6,10-12H2,1-5H3,(H2,19,21,22);1H. The lowest BCUT2D eigenvalue weighted by Gasteiger charge is -2.11. The van der Waals surface area contributed by atoms with Crippen molar-refractivity contribution in [3.05, 3.63) is 35.7 Å². The number of halogens is 1. The fraction of sp³-hybridized carbons (Fsp3) is 0.611. The third-order valence-electron chi connectivity index (χ3n) is 3.69. The molecular weight excluding hydrogens is 443 g/mol. The van der Waals surface area contributed by atoms with Gasteiger partial charge in [-0.1, -0.05) is 32.9 Å². The van der Waals surface area contributed by atoms with Crippen molar-refractivity contribution in [2.45, 2.75) is 60.2 Å². The van der Waals surface area contributed by atoms with Gasteiger partial charge in [0.2, 0.25) is 0 Å². The zero-order valence-electron chi connectivity index (χ0n) is 16.3. The molecule has 0 amide bonds. The first kappa shape index (κ1) is 22.5.